The number of anilines is 1. The topological polar surface area (TPSA) is 117 Å². The van der Waals surface area contributed by atoms with Crippen molar-refractivity contribution in [2.75, 3.05) is 18.4 Å². The predicted octanol–water partition coefficient (Wildman–Crippen LogP) is 3.10. The van der Waals surface area contributed by atoms with E-state index < -0.39 is 16.1 Å². The summed E-state index contributed by atoms with van der Waals surface area (Å²) in [4.78, 5) is 16.6. The molecule has 0 aliphatic carbocycles. The molecule has 2 aromatic heterocycles. The van der Waals surface area contributed by atoms with Gasteiger partial charge in [-0.2, -0.15) is 4.31 Å². The van der Waals surface area contributed by atoms with Crippen LogP contribution in [0.2, 0.25) is 0 Å². The molecule has 3 aromatic rings. The van der Waals surface area contributed by atoms with Crippen LogP contribution < -0.4 is 10.6 Å². The smallest absolute Gasteiger partial charge is 0.321 e. The van der Waals surface area contributed by atoms with Crippen LogP contribution in [0.1, 0.15) is 24.8 Å². The van der Waals surface area contributed by atoms with E-state index in [0.29, 0.717) is 28.9 Å². The molecule has 11 heteroatoms. The summed E-state index contributed by atoms with van der Waals surface area (Å²) >= 11 is 1.23. The molecule has 1 aromatic carbocycles. The summed E-state index contributed by atoms with van der Waals surface area (Å²) in [5.41, 5.74) is 1.48. The van der Waals surface area contributed by atoms with E-state index in [0.717, 1.165) is 24.8 Å². The normalized spacial score (nSPS) is 14.8. The van der Waals surface area contributed by atoms with Gasteiger partial charge in [0.1, 0.15) is 5.69 Å². The highest BCUT2D eigenvalue weighted by Crippen LogP contribution is 2.24. The molecule has 0 radical (unpaired) electrons. The molecule has 1 aliphatic rings. The molecule has 4 rings (SSSR count). The summed E-state index contributed by atoms with van der Waals surface area (Å²) in [6, 6.07) is 11.7. The second kappa shape index (κ2) is 9.50. The van der Waals surface area contributed by atoms with Gasteiger partial charge in [0.25, 0.3) is 0 Å². The summed E-state index contributed by atoms with van der Waals surface area (Å²) in [6.45, 7) is 1.39. The molecule has 0 saturated carbocycles. The Labute approximate surface area is 184 Å². The van der Waals surface area contributed by atoms with Crippen molar-refractivity contribution < 1.29 is 13.2 Å². The molecule has 0 spiro atoms. The van der Waals surface area contributed by atoms with Crippen molar-refractivity contribution in [2.45, 2.75) is 30.7 Å². The SMILES string of the molecule is O=C(NCc1ccc(S(=O)(=O)N2CCCCC2)cc1)Nc1nnc(-c2ccccn2)s1. The van der Waals surface area contributed by atoms with Gasteiger partial charge in [0.05, 0.1) is 4.90 Å². The lowest BCUT2D eigenvalue weighted by atomic mass is 10.2. The van der Waals surface area contributed by atoms with Gasteiger partial charge >= 0.3 is 6.03 Å². The minimum Gasteiger partial charge on any atom is -0.334 e. The minimum absolute atomic E-state index is 0.252. The van der Waals surface area contributed by atoms with E-state index >= 15 is 0 Å². The monoisotopic (exact) mass is 458 g/mol. The van der Waals surface area contributed by atoms with Crippen molar-refractivity contribution in [1.82, 2.24) is 24.8 Å². The number of hydrogen-bond acceptors (Lipinski definition) is 7. The number of carbonyl (C=O) groups excluding carboxylic acids is 1. The lowest BCUT2D eigenvalue weighted by Crippen LogP contribution is -2.35. The number of aromatic nitrogens is 3. The molecule has 9 nitrogen and oxygen atoms in total. The van der Waals surface area contributed by atoms with Crippen molar-refractivity contribution in [2.24, 2.45) is 0 Å². The molecule has 1 fully saturated rings. The van der Waals surface area contributed by atoms with E-state index in [4.69, 9.17) is 0 Å². The Balaban J connectivity index is 1.31. The zero-order valence-corrected chi connectivity index (χ0v) is 18.3. The first-order chi connectivity index (χ1) is 15.0. The van der Waals surface area contributed by atoms with Gasteiger partial charge < -0.3 is 5.32 Å². The van der Waals surface area contributed by atoms with Crippen LogP contribution in [-0.2, 0) is 16.6 Å². The van der Waals surface area contributed by atoms with Crippen LogP contribution in [0.4, 0.5) is 9.93 Å². The van der Waals surface area contributed by atoms with Crippen molar-refractivity contribution in [3.63, 3.8) is 0 Å². The highest BCUT2D eigenvalue weighted by molar-refractivity contribution is 7.89. The van der Waals surface area contributed by atoms with E-state index in [2.05, 4.69) is 25.8 Å². The number of nitrogens with one attached hydrogen (secondary N) is 2. The number of rotatable bonds is 6. The van der Waals surface area contributed by atoms with Crippen molar-refractivity contribution >= 4 is 32.5 Å². The molecule has 162 valence electrons. The van der Waals surface area contributed by atoms with E-state index in [1.807, 2.05) is 18.2 Å². The van der Waals surface area contributed by atoms with Crippen LogP contribution in [0.15, 0.2) is 53.6 Å². The van der Waals surface area contributed by atoms with Crippen LogP contribution >= 0.6 is 11.3 Å². The van der Waals surface area contributed by atoms with Gasteiger partial charge in [-0.1, -0.05) is 36.0 Å². The van der Waals surface area contributed by atoms with Gasteiger partial charge in [-0.15, -0.1) is 10.2 Å². The predicted molar refractivity (Wildman–Crippen MR) is 118 cm³/mol. The van der Waals surface area contributed by atoms with Crippen LogP contribution in [0.3, 0.4) is 0 Å². The van der Waals surface area contributed by atoms with Crippen LogP contribution in [0.25, 0.3) is 10.7 Å². The summed E-state index contributed by atoms with van der Waals surface area (Å²) in [5, 5.41) is 14.3. The number of urea groups is 1. The van der Waals surface area contributed by atoms with Gasteiger partial charge in [0.15, 0.2) is 5.01 Å². The lowest BCUT2D eigenvalue weighted by molar-refractivity contribution is 0.251. The number of hydrogen-bond donors (Lipinski definition) is 2. The number of benzene rings is 1. The maximum atomic E-state index is 12.7. The maximum absolute atomic E-state index is 12.7. The number of pyridine rings is 1. The molecule has 0 atom stereocenters. The van der Waals surface area contributed by atoms with Crippen LogP contribution in [0.5, 0.6) is 0 Å². The molecule has 2 N–H and O–H groups in total. The Hall–Kier alpha value is -2.89. The summed E-state index contributed by atoms with van der Waals surface area (Å²) < 4.78 is 26.9. The molecular formula is C20H22N6O3S2. The number of carbonyl (C=O) groups is 1. The number of piperidine rings is 1. The summed E-state index contributed by atoms with van der Waals surface area (Å²) in [7, 11) is -3.46. The average Bonchev–Trinajstić information content (AvgIpc) is 3.27. The molecule has 2 amide bonds. The summed E-state index contributed by atoms with van der Waals surface area (Å²) in [6.07, 6.45) is 4.53. The number of nitrogens with zero attached hydrogens (tertiary/aromatic N) is 4. The van der Waals surface area contributed by atoms with Gasteiger partial charge in [0, 0.05) is 25.8 Å². The van der Waals surface area contributed by atoms with Gasteiger partial charge in [-0.3, -0.25) is 10.3 Å². The molecule has 31 heavy (non-hydrogen) atoms. The third-order valence-corrected chi connectivity index (χ3v) is 7.63. The molecule has 1 saturated heterocycles. The average molecular weight is 459 g/mol. The van der Waals surface area contributed by atoms with Crippen molar-refractivity contribution in [1.29, 1.82) is 0 Å². The fourth-order valence-corrected chi connectivity index (χ4v) is 5.46. The van der Waals surface area contributed by atoms with Crippen molar-refractivity contribution in [3.05, 3.63) is 54.2 Å². The number of sulfonamides is 1. The standard InChI is InChI=1S/C20H22N6O3S2/c27-19(23-20-25-24-18(30-20)17-6-2-3-11-21-17)22-14-15-7-9-16(10-8-15)31(28,29)26-12-4-1-5-13-26/h2-3,6-11H,1,4-5,12-14H2,(H2,22,23,25,27). The minimum atomic E-state index is -3.46. The molecule has 1 aliphatic heterocycles. The van der Waals surface area contributed by atoms with Crippen LogP contribution in [0, 0.1) is 0 Å². The van der Waals surface area contributed by atoms with Gasteiger partial charge in [-0.05, 0) is 42.7 Å². The molecule has 0 unspecified atom stereocenters. The Morgan fingerprint density at radius 2 is 1.81 bits per heavy atom. The maximum Gasteiger partial charge on any atom is 0.321 e. The molecule has 3 heterocycles. The Bertz CT molecular complexity index is 1130. The van der Waals surface area contributed by atoms with Gasteiger partial charge in [-0.25, -0.2) is 13.2 Å². The zero-order chi connectivity index (χ0) is 21.7. The van der Waals surface area contributed by atoms with Crippen LogP contribution in [-0.4, -0.2) is 47.0 Å². The quantitative estimate of drug-likeness (QED) is 0.586. The third kappa shape index (κ3) is 5.24. The Morgan fingerprint density at radius 3 is 2.52 bits per heavy atom. The first-order valence-corrected chi connectivity index (χ1v) is 12.2. The molecule has 0 bridgehead atoms. The van der Waals surface area contributed by atoms with E-state index in [-0.39, 0.29) is 11.4 Å². The van der Waals surface area contributed by atoms with E-state index in [9.17, 15) is 13.2 Å². The Kier molecular flexibility index (Phi) is 6.54. The fraction of sp³-hybridized carbons (Fsp3) is 0.300. The highest BCUT2D eigenvalue weighted by atomic mass is 32.2. The summed E-state index contributed by atoms with van der Waals surface area (Å²) in [5.74, 6) is 0. The molecular weight excluding hydrogens is 436 g/mol. The fourth-order valence-electron chi connectivity index (χ4n) is 3.22. The largest absolute Gasteiger partial charge is 0.334 e. The van der Waals surface area contributed by atoms with Crippen molar-refractivity contribution in [3.8, 4) is 10.7 Å². The Morgan fingerprint density at radius 1 is 1.03 bits per heavy atom. The first kappa shape index (κ1) is 21.3. The zero-order valence-electron chi connectivity index (χ0n) is 16.7. The second-order valence-corrected chi connectivity index (χ2v) is 9.96. The second-order valence-electron chi connectivity index (χ2n) is 7.04. The number of amides is 2. The van der Waals surface area contributed by atoms with E-state index in [1.165, 1.54) is 11.3 Å². The third-order valence-electron chi connectivity index (χ3n) is 4.86. The van der Waals surface area contributed by atoms with E-state index in [1.54, 1.807) is 34.8 Å². The first-order valence-electron chi connectivity index (χ1n) is 9.91. The van der Waals surface area contributed by atoms with Gasteiger partial charge in [0.2, 0.25) is 15.2 Å². The highest BCUT2D eigenvalue weighted by Gasteiger charge is 2.25. The lowest BCUT2D eigenvalue weighted by Gasteiger charge is -2.25.